The lowest BCUT2D eigenvalue weighted by Gasteiger charge is -2.14. The number of carbonyl (C=O) groups excluding carboxylic acids is 1. The van der Waals surface area contributed by atoms with E-state index in [0.717, 1.165) is 10.4 Å². The Kier molecular flexibility index (Phi) is 3.18. The molecular weight excluding hydrogens is 258 g/mol. The van der Waals surface area contributed by atoms with Crippen molar-refractivity contribution in [2.45, 2.75) is 25.5 Å². The highest BCUT2D eigenvalue weighted by Crippen LogP contribution is 2.37. The largest absolute Gasteiger partial charge is 0.478 e. The monoisotopic (exact) mass is 271 g/mol. The molecule has 1 aromatic heterocycles. The number of amides is 1. The molecule has 2 heterocycles. The van der Waals surface area contributed by atoms with E-state index in [4.69, 9.17) is 0 Å². The first-order valence-corrected chi connectivity index (χ1v) is 6.56. The maximum atomic E-state index is 11.8. The van der Waals surface area contributed by atoms with E-state index in [0.29, 0.717) is 18.0 Å². The molecule has 6 heteroatoms. The Bertz CT molecular complexity index is 495. The Hall–Kier alpha value is -1.01. The van der Waals surface area contributed by atoms with Gasteiger partial charge in [-0.2, -0.15) is 12.6 Å². The van der Waals surface area contributed by atoms with E-state index < -0.39 is 5.97 Å². The maximum absolute atomic E-state index is 11.8. The highest BCUT2D eigenvalue weighted by Gasteiger charge is 2.33. The number of carboxylic acid groups (broad SMARTS) is 1. The number of thiophene rings is 1. The summed E-state index contributed by atoms with van der Waals surface area (Å²) in [5.41, 5.74) is 0.996. The molecule has 0 aromatic carbocycles. The molecule has 1 amide bonds. The second kappa shape index (κ2) is 4.34. The highest BCUT2D eigenvalue weighted by atomic mass is 32.1. The fourth-order valence-electron chi connectivity index (χ4n) is 1.94. The molecule has 17 heavy (non-hydrogen) atoms. The van der Waals surface area contributed by atoms with Gasteiger partial charge in [0.2, 0.25) is 5.91 Å². The molecular formula is C11H13NO3S2. The zero-order valence-electron chi connectivity index (χ0n) is 9.56. The van der Waals surface area contributed by atoms with Crippen molar-refractivity contribution in [3.05, 3.63) is 16.0 Å². The van der Waals surface area contributed by atoms with Crippen LogP contribution in [-0.2, 0) is 4.79 Å². The van der Waals surface area contributed by atoms with Gasteiger partial charge in [0.25, 0.3) is 0 Å². The van der Waals surface area contributed by atoms with Crippen LogP contribution in [0, 0.1) is 13.8 Å². The third-order valence-corrected chi connectivity index (χ3v) is 4.51. The quantitative estimate of drug-likeness (QED) is 0.810. The number of carboxylic acids is 1. The molecule has 1 fully saturated rings. The Labute approximate surface area is 109 Å². The number of anilines is 1. The van der Waals surface area contributed by atoms with Gasteiger partial charge in [-0.1, -0.05) is 0 Å². The molecule has 0 aliphatic carbocycles. The summed E-state index contributed by atoms with van der Waals surface area (Å²) in [5, 5.41) is 9.76. The van der Waals surface area contributed by atoms with E-state index in [2.05, 4.69) is 12.6 Å². The summed E-state index contributed by atoms with van der Waals surface area (Å²) in [6.45, 7) is 4.13. The molecule has 1 unspecified atom stereocenters. The number of aryl methyl sites for hydroxylation is 1. The predicted molar refractivity (Wildman–Crippen MR) is 70.5 cm³/mol. The molecule has 1 aliphatic heterocycles. The van der Waals surface area contributed by atoms with Crippen molar-refractivity contribution in [2.24, 2.45) is 0 Å². The Balaban J connectivity index is 2.49. The molecule has 1 atom stereocenters. The molecule has 4 nitrogen and oxygen atoms in total. The van der Waals surface area contributed by atoms with E-state index in [1.165, 1.54) is 11.3 Å². The maximum Gasteiger partial charge on any atom is 0.339 e. The van der Waals surface area contributed by atoms with Gasteiger partial charge in [-0.3, -0.25) is 4.79 Å². The van der Waals surface area contributed by atoms with Gasteiger partial charge >= 0.3 is 5.97 Å². The molecule has 1 aromatic rings. The summed E-state index contributed by atoms with van der Waals surface area (Å²) in [5.74, 6) is -1.02. The minimum absolute atomic E-state index is 0.00754. The molecule has 92 valence electrons. The summed E-state index contributed by atoms with van der Waals surface area (Å²) < 4.78 is 0. The van der Waals surface area contributed by atoms with Gasteiger partial charge in [-0.25, -0.2) is 4.79 Å². The van der Waals surface area contributed by atoms with Gasteiger partial charge in [0, 0.05) is 23.1 Å². The number of carbonyl (C=O) groups is 2. The van der Waals surface area contributed by atoms with Crippen LogP contribution in [0.5, 0.6) is 0 Å². The van der Waals surface area contributed by atoms with Gasteiger partial charge in [0.1, 0.15) is 5.00 Å². The Morgan fingerprint density at radius 1 is 1.53 bits per heavy atom. The summed E-state index contributed by atoms with van der Waals surface area (Å²) in [6, 6.07) is 0. The second-order valence-electron chi connectivity index (χ2n) is 4.13. The van der Waals surface area contributed by atoms with Crippen LogP contribution in [0.2, 0.25) is 0 Å². The van der Waals surface area contributed by atoms with Crippen LogP contribution in [0.1, 0.15) is 27.2 Å². The third kappa shape index (κ3) is 2.07. The standard InChI is InChI=1S/C11H13NO3S2/c1-5-6(2)17-10(9(5)11(14)15)12-4-7(16)3-8(12)13/h7,16H,3-4H2,1-2H3,(H,14,15). The van der Waals surface area contributed by atoms with E-state index >= 15 is 0 Å². The zero-order chi connectivity index (χ0) is 12.7. The fourth-order valence-corrected chi connectivity index (χ4v) is 3.43. The lowest BCUT2D eigenvalue weighted by molar-refractivity contribution is -0.116. The summed E-state index contributed by atoms with van der Waals surface area (Å²) >= 11 is 5.64. The number of aromatic carboxylic acids is 1. The number of thiol groups is 1. The van der Waals surface area contributed by atoms with Crippen molar-refractivity contribution in [2.75, 3.05) is 11.4 Å². The summed E-state index contributed by atoms with van der Waals surface area (Å²) in [7, 11) is 0. The predicted octanol–water partition coefficient (Wildman–Crippen LogP) is 2.10. The van der Waals surface area contributed by atoms with Crippen LogP contribution in [-0.4, -0.2) is 28.8 Å². The molecule has 1 saturated heterocycles. The van der Waals surface area contributed by atoms with Crippen LogP contribution in [0.3, 0.4) is 0 Å². The van der Waals surface area contributed by atoms with Gasteiger partial charge < -0.3 is 10.0 Å². The summed E-state index contributed by atoms with van der Waals surface area (Å²) in [6.07, 6.45) is 0.373. The van der Waals surface area contributed by atoms with Crippen molar-refractivity contribution in [3.63, 3.8) is 0 Å². The molecule has 0 spiro atoms. The number of nitrogens with zero attached hydrogens (tertiary/aromatic N) is 1. The lowest BCUT2D eigenvalue weighted by Crippen LogP contribution is -2.25. The normalized spacial score (nSPS) is 20.1. The van der Waals surface area contributed by atoms with Crippen molar-refractivity contribution < 1.29 is 14.7 Å². The van der Waals surface area contributed by atoms with Crippen molar-refractivity contribution in [3.8, 4) is 0 Å². The van der Waals surface area contributed by atoms with Gasteiger partial charge in [0.05, 0.1) is 5.56 Å². The van der Waals surface area contributed by atoms with Gasteiger partial charge in [-0.15, -0.1) is 11.3 Å². The average molecular weight is 271 g/mol. The first kappa shape index (κ1) is 12.4. The van der Waals surface area contributed by atoms with Gasteiger partial charge in [0.15, 0.2) is 0 Å². The smallest absolute Gasteiger partial charge is 0.339 e. The van der Waals surface area contributed by atoms with E-state index in [1.54, 1.807) is 11.8 Å². The van der Waals surface area contributed by atoms with Crippen LogP contribution in [0.25, 0.3) is 0 Å². The average Bonchev–Trinajstić information content (AvgIpc) is 2.68. The van der Waals surface area contributed by atoms with Crippen LogP contribution in [0.15, 0.2) is 0 Å². The summed E-state index contributed by atoms with van der Waals surface area (Å²) in [4.78, 5) is 25.5. The minimum atomic E-state index is -0.975. The fraction of sp³-hybridized carbons (Fsp3) is 0.455. The Morgan fingerprint density at radius 2 is 2.18 bits per heavy atom. The van der Waals surface area contributed by atoms with Crippen LogP contribution < -0.4 is 4.90 Å². The molecule has 1 N–H and O–H groups in total. The molecule has 0 saturated carbocycles. The van der Waals surface area contributed by atoms with Crippen LogP contribution in [0.4, 0.5) is 5.00 Å². The van der Waals surface area contributed by atoms with Crippen LogP contribution >= 0.6 is 24.0 Å². The minimum Gasteiger partial charge on any atom is -0.478 e. The van der Waals surface area contributed by atoms with Crippen molar-refractivity contribution in [1.82, 2.24) is 0 Å². The van der Waals surface area contributed by atoms with E-state index in [9.17, 15) is 14.7 Å². The van der Waals surface area contributed by atoms with Gasteiger partial charge in [-0.05, 0) is 19.4 Å². The first-order valence-electron chi connectivity index (χ1n) is 5.23. The van der Waals surface area contributed by atoms with E-state index in [-0.39, 0.29) is 16.7 Å². The van der Waals surface area contributed by atoms with Crippen molar-refractivity contribution in [1.29, 1.82) is 0 Å². The number of hydrogen-bond donors (Lipinski definition) is 2. The topological polar surface area (TPSA) is 57.6 Å². The van der Waals surface area contributed by atoms with E-state index in [1.807, 2.05) is 6.92 Å². The molecule has 1 aliphatic rings. The number of rotatable bonds is 2. The zero-order valence-corrected chi connectivity index (χ0v) is 11.3. The molecule has 0 radical (unpaired) electrons. The SMILES string of the molecule is Cc1sc(N2CC(S)CC2=O)c(C(=O)O)c1C. The lowest BCUT2D eigenvalue weighted by atomic mass is 10.1. The number of hydrogen-bond acceptors (Lipinski definition) is 4. The Morgan fingerprint density at radius 3 is 2.65 bits per heavy atom. The molecule has 2 rings (SSSR count). The highest BCUT2D eigenvalue weighted by molar-refractivity contribution is 7.81. The van der Waals surface area contributed by atoms with Crippen molar-refractivity contribution >= 4 is 40.8 Å². The molecule has 0 bridgehead atoms. The second-order valence-corrected chi connectivity index (χ2v) is 6.06. The third-order valence-electron chi connectivity index (χ3n) is 2.93. The first-order chi connectivity index (χ1) is 7.91.